The van der Waals surface area contributed by atoms with E-state index in [4.69, 9.17) is 21.1 Å². The number of rotatable bonds is 11. The summed E-state index contributed by atoms with van der Waals surface area (Å²) in [6.07, 6.45) is 2.82. The number of hydrogen-bond acceptors (Lipinski definition) is 10. The van der Waals surface area contributed by atoms with Crippen LogP contribution in [0.1, 0.15) is 41.6 Å². The SMILES string of the molecule is COCC1(S(=O)(=O)N(C)C(=O)c2ccc(Nc3nc(OC)nc(N(C)C4(c5ccc(Cl)cc5)CC4)n3)cc2)CC1. The lowest BCUT2D eigenvalue weighted by molar-refractivity contribution is 0.0879. The summed E-state index contributed by atoms with van der Waals surface area (Å²) in [4.78, 5) is 28.4. The fourth-order valence-corrected chi connectivity index (χ4v) is 6.73. The van der Waals surface area contributed by atoms with Gasteiger partial charge in [-0.15, -0.1) is 0 Å². The number of benzene rings is 2. The lowest BCUT2D eigenvalue weighted by Crippen LogP contribution is -2.43. The third-order valence-electron chi connectivity index (χ3n) is 7.63. The maximum absolute atomic E-state index is 13.0. The molecule has 40 heavy (non-hydrogen) atoms. The van der Waals surface area contributed by atoms with Gasteiger partial charge >= 0.3 is 6.01 Å². The van der Waals surface area contributed by atoms with Crippen molar-refractivity contribution in [1.29, 1.82) is 0 Å². The molecule has 13 heteroatoms. The summed E-state index contributed by atoms with van der Waals surface area (Å²) in [5, 5.41) is 3.80. The highest BCUT2D eigenvalue weighted by atomic mass is 35.5. The lowest BCUT2D eigenvalue weighted by Gasteiger charge is -2.29. The Morgan fingerprint density at radius 3 is 2.17 bits per heavy atom. The third kappa shape index (κ3) is 5.06. The van der Waals surface area contributed by atoms with E-state index in [0.717, 1.165) is 22.7 Å². The van der Waals surface area contributed by atoms with Gasteiger partial charge in [-0.05, 0) is 67.6 Å². The molecule has 0 aliphatic heterocycles. The normalized spacial score (nSPS) is 16.6. The Bertz CT molecular complexity index is 1510. The van der Waals surface area contributed by atoms with Crippen LogP contribution in [0.15, 0.2) is 48.5 Å². The van der Waals surface area contributed by atoms with Gasteiger partial charge in [-0.2, -0.15) is 15.0 Å². The van der Waals surface area contributed by atoms with Crippen LogP contribution < -0.4 is 15.0 Å². The van der Waals surface area contributed by atoms with Gasteiger partial charge in [-0.1, -0.05) is 23.7 Å². The largest absolute Gasteiger partial charge is 0.467 e. The van der Waals surface area contributed by atoms with Crippen LogP contribution in [-0.4, -0.2) is 73.3 Å². The molecule has 3 aromatic rings. The second kappa shape index (κ2) is 10.5. The molecule has 212 valence electrons. The van der Waals surface area contributed by atoms with E-state index in [9.17, 15) is 13.2 Å². The first-order valence-electron chi connectivity index (χ1n) is 12.7. The number of halogens is 1. The van der Waals surface area contributed by atoms with Crippen molar-refractivity contribution in [3.8, 4) is 6.01 Å². The number of carbonyl (C=O) groups excluding carboxylic acids is 1. The Kier molecular flexibility index (Phi) is 7.36. The Labute approximate surface area is 238 Å². The number of amides is 1. The highest BCUT2D eigenvalue weighted by Gasteiger charge is 2.57. The molecular weight excluding hydrogens is 556 g/mol. The zero-order valence-corrected chi connectivity index (χ0v) is 24.3. The molecule has 2 aliphatic carbocycles. The first-order valence-corrected chi connectivity index (χ1v) is 14.6. The van der Waals surface area contributed by atoms with E-state index in [0.29, 0.717) is 29.5 Å². The molecule has 2 aromatic carbocycles. The number of nitrogens with zero attached hydrogens (tertiary/aromatic N) is 5. The molecule has 1 aromatic heterocycles. The average molecular weight is 587 g/mol. The predicted molar refractivity (Wildman–Crippen MR) is 152 cm³/mol. The fraction of sp³-hybridized carbons (Fsp3) is 0.407. The zero-order valence-electron chi connectivity index (χ0n) is 22.7. The summed E-state index contributed by atoms with van der Waals surface area (Å²) < 4.78 is 36.3. The van der Waals surface area contributed by atoms with Crippen LogP contribution in [0.5, 0.6) is 6.01 Å². The van der Waals surface area contributed by atoms with Gasteiger partial charge in [0.2, 0.25) is 21.9 Å². The summed E-state index contributed by atoms with van der Waals surface area (Å²) in [5.74, 6) is 0.0803. The standard InChI is InChI=1S/C27H31ClN6O5S/c1-33(27(15-16-27)19-7-9-20(28)10-8-19)24-30-23(31-25(32-24)39-4)29-21-11-5-18(6-12-21)22(35)34(2)40(36,37)26(13-14-26)17-38-3/h5-12H,13-17H2,1-4H3,(H,29,30,31,32). The van der Waals surface area contributed by atoms with E-state index in [1.165, 1.54) is 21.3 Å². The molecule has 1 amide bonds. The van der Waals surface area contributed by atoms with Crippen LogP contribution >= 0.6 is 11.6 Å². The van der Waals surface area contributed by atoms with Crippen molar-refractivity contribution in [2.75, 3.05) is 45.1 Å². The van der Waals surface area contributed by atoms with Gasteiger partial charge in [-0.3, -0.25) is 4.79 Å². The number of ether oxygens (including phenoxy) is 2. The molecule has 2 saturated carbocycles. The smallest absolute Gasteiger partial charge is 0.322 e. The fourth-order valence-electron chi connectivity index (χ4n) is 4.82. The van der Waals surface area contributed by atoms with Crippen molar-refractivity contribution in [2.45, 2.75) is 36.0 Å². The van der Waals surface area contributed by atoms with E-state index in [1.54, 1.807) is 24.3 Å². The molecule has 11 nitrogen and oxygen atoms in total. The van der Waals surface area contributed by atoms with Crippen molar-refractivity contribution in [1.82, 2.24) is 19.3 Å². The molecule has 5 rings (SSSR count). The number of carbonyl (C=O) groups is 1. The molecule has 0 saturated heterocycles. The Balaban J connectivity index is 1.33. The van der Waals surface area contributed by atoms with E-state index in [2.05, 4.69) is 20.3 Å². The van der Waals surface area contributed by atoms with E-state index < -0.39 is 20.7 Å². The second-order valence-electron chi connectivity index (χ2n) is 10.1. The minimum Gasteiger partial charge on any atom is -0.467 e. The first-order chi connectivity index (χ1) is 19.0. The lowest BCUT2D eigenvalue weighted by atomic mass is 10.0. The predicted octanol–water partition coefficient (Wildman–Crippen LogP) is 3.98. The summed E-state index contributed by atoms with van der Waals surface area (Å²) in [6, 6.07) is 14.3. The summed E-state index contributed by atoms with van der Waals surface area (Å²) in [7, 11) is 2.30. The topological polar surface area (TPSA) is 127 Å². The minimum atomic E-state index is -3.85. The van der Waals surface area contributed by atoms with Gasteiger partial charge in [-0.25, -0.2) is 12.7 Å². The van der Waals surface area contributed by atoms with Crippen molar-refractivity contribution < 1.29 is 22.7 Å². The van der Waals surface area contributed by atoms with Crippen LogP contribution in [0.3, 0.4) is 0 Å². The van der Waals surface area contributed by atoms with Gasteiger partial charge in [0.05, 0.1) is 19.3 Å². The maximum atomic E-state index is 13.0. The molecule has 1 N–H and O–H groups in total. The van der Waals surface area contributed by atoms with Crippen LogP contribution in [0.4, 0.5) is 17.6 Å². The second-order valence-corrected chi connectivity index (χ2v) is 12.9. The monoisotopic (exact) mass is 586 g/mol. The summed E-state index contributed by atoms with van der Waals surface area (Å²) >= 11 is 6.09. The quantitative estimate of drug-likeness (QED) is 0.352. The van der Waals surface area contributed by atoms with Crippen LogP contribution in [0.25, 0.3) is 0 Å². The van der Waals surface area contributed by atoms with Gasteiger partial charge in [0.1, 0.15) is 4.75 Å². The van der Waals surface area contributed by atoms with E-state index in [1.807, 2.05) is 36.2 Å². The molecular formula is C27H31ClN6O5S. The zero-order chi connectivity index (χ0) is 28.7. The third-order valence-corrected chi connectivity index (χ3v) is 10.4. The minimum absolute atomic E-state index is 0.0587. The molecule has 2 fully saturated rings. The molecule has 2 aliphatic rings. The summed E-state index contributed by atoms with van der Waals surface area (Å²) in [5.41, 5.74) is 1.71. The highest BCUT2D eigenvalue weighted by Crippen LogP contribution is 2.51. The molecule has 0 spiro atoms. The number of hydrogen-bond donors (Lipinski definition) is 1. The van der Waals surface area contributed by atoms with Gasteiger partial charge in [0.15, 0.2) is 0 Å². The number of sulfonamides is 1. The molecule has 0 unspecified atom stereocenters. The number of aromatic nitrogens is 3. The van der Waals surface area contributed by atoms with Crippen molar-refractivity contribution in [3.63, 3.8) is 0 Å². The first kappa shape index (κ1) is 28.1. The Morgan fingerprint density at radius 2 is 1.62 bits per heavy atom. The van der Waals surface area contributed by atoms with Gasteiger partial charge < -0.3 is 19.7 Å². The van der Waals surface area contributed by atoms with Crippen LogP contribution in [-0.2, 0) is 20.3 Å². The average Bonchev–Trinajstić information content (AvgIpc) is 3.89. The Hall–Kier alpha value is -3.48. The van der Waals surface area contributed by atoms with E-state index in [-0.39, 0.29) is 29.7 Å². The number of anilines is 3. The van der Waals surface area contributed by atoms with Crippen molar-refractivity contribution in [2.24, 2.45) is 0 Å². The number of methoxy groups -OCH3 is 2. The van der Waals surface area contributed by atoms with E-state index >= 15 is 0 Å². The van der Waals surface area contributed by atoms with Crippen molar-refractivity contribution in [3.05, 3.63) is 64.7 Å². The maximum Gasteiger partial charge on any atom is 0.322 e. The van der Waals surface area contributed by atoms with Crippen LogP contribution in [0.2, 0.25) is 5.02 Å². The van der Waals surface area contributed by atoms with Crippen molar-refractivity contribution >= 4 is 45.1 Å². The van der Waals surface area contributed by atoms with Crippen LogP contribution in [0, 0.1) is 0 Å². The molecule has 0 radical (unpaired) electrons. The van der Waals surface area contributed by atoms with Gasteiger partial charge in [0.25, 0.3) is 5.91 Å². The molecule has 1 heterocycles. The molecule has 0 bridgehead atoms. The summed E-state index contributed by atoms with van der Waals surface area (Å²) in [6.45, 7) is 0.0587. The Morgan fingerprint density at radius 1 is 0.975 bits per heavy atom. The molecule has 0 atom stereocenters. The highest BCUT2D eigenvalue weighted by molar-refractivity contribution is 7.91. The van der Waals surface area contributed by atoms with Gasteiger partial charge in [0, 0.05) is 37.5 Å². The number of nitrogens with one attached hydrogen (secondary N) is 1.